The molecule has 26 heavy (non-hydrogen) atoms. The zero-order valence-corrected chi connectivity index (χ0v) is 14.7. The molecule has 0 bridgehead atoms. The molecule has 0 aliphatic carbocycles. The number of ether oxygens (including phenoxy) is 5. The second-order valence-electron chi connectivity index (χ2n) is 5.70. The van der Waals surface area contributed by atoms with Crippen LogP contribution in [0.3, 0.4) is 0 Å². The number of hydrogen-bond acceptors (Lipinski definition) is 6. The number of carbonyl (C=O) groups is 1. The van der Waals surface area contributed by atoms with Crippen molar-refractivity contribution in [2.45, 2.75) is 19.4 Å². The highest BCUT2D eigenvalue weighted by Gasteiger charge is 2.28. The van der Waals surface area contributed by atoms with E-state index in [1.807, 2.05) is 36.4 Å². The van der Waals surface area contributed by atoms with Crippen LogP contribution < -0.4 is 18.9 Å². The first-order valence-corrected chi connectivity index (χ1v) is 8.67. The van der Waals surface area contributed by atoms with E-state index in [9.17, 15) is 4.79 Å². The maximum Gasteiger partial charge on any atom is 0.351 e. The smallest absolute Gasteiger partial charge is 0.351 e. The van der Waals surface area contributed by atoms with Gasteiger partial charge >= 0.3 is 5.97 Å². The van der Waals surface area contributed by atoms with E-state index in [1.54, 1.807) is 12.1 Å². The molecule has 0 radical (unpaired) electrons. The van der Waals surface area contributed by atoms with Crippen LogP contribution in [0.1, 0.15) is 13.3 Å². The molecule has 1 unspecified atom stereocenters. The van der Waals surface area contributed by atoms with Crippen LogP contribution >= 0.6 is 0 Å². The normalized spacial score (nSPS) is 15.2. The van der Waals surface area contributed by atoms with Crippen LogP contribution in [0.4, 0.5) is 0 Å². The van der Waals surface area contributed by atoms with Gasteiger partial charge in [-0.25, -0.2) is 4.79 Å². The van der Waals surface area contributed by atoms with E-state index in [2.05, 4.69) is 6.92 Å². The summed E-state index contributed by atoms with van der Waals surface area (Å²) < 4.78 is 27.4. The zero-order valence-electron chi connectivity index (χ0n) is 14.7. The molecule has 1 aliphatic heterocycles. The van der Waals surface area contributed by atoms with Crippen molar-refractivity contribution in [1.82, 2.24) is 0 Å². The number of rotatable bonds is 8. The minimum Gasteiger partial charge on any atom is -0.494 e. The molecular formula is C20H22O6. The maximum atomic E-state index is 12.1. The monoisotopic (exact) mass is 358 g/mol. The van der Waals surface area contributed by atoms with E-state index in [0.717, 1.165) is 12.2 Å². The van der Waals surface area contributed by atoms with E-state index in [-0.39, 0.29) is 19.8 Å². The van der Waals surface area contributed by atoms with Gasteiger partial charge in [0.25, 0.3) is 0 Å². The summed E-state index contributed by atoms with van der Waals surface area (Å²) in [5.74, 6) is 2.21. The minimum atomic E-state index is -0.764. The molecule has 2 aromatic carbocycles. The van der Waals surface area contributed by atoms with Crippen molar-refractivity contribution < 1.29 is 28.5 Å². The van der Waals surface area contributed by atoms with Crippen molar-refractivity contribution >= 4 is 5.97 Å². The molecule has 1 heterocycles. The first-order chi connectivity index (χ1) is 12.8. The van der Waals surface area contributed by atoms with Gasteiger partial charge in [0.05, 0.1) is 6.61 Å². The molecule has 3 rings (SSSR count). The molecule has 1 atom stereocenters. The molecule has 0 saturated heterocycles. The number of benzene rings is 2. The molecular weight excluding hydrogens is 336 g/mol. The number of carbonyl (C=O) groups excluding carboxylic acids is 1. The predicted octanol–water partition coefficient (Wildman–Crippen LogP) is 3.24. The van der Waals surface area contributed by atoms with Gasteiger partial charge in [-0.3, -0.25) is 0 Å². The highest BCUT2D eigenvalue weighted by atomic mass is 16.6. The van der Waals surface area contributed by atoms with Gasteiger partial charge in [0.1, 0.15) is 31.3 Å². The van der Waals surface area contributed by atoms with Crippen LogP contribution in [-0.4, -0.2) is 38.5 Å². The molecule has 138 valence electrons. The molecule has 0 saturated carbocycles. The highest BCUT2D eigenvalue weighted by Crippen LogP contribution is 2.31. The van der Waals surface area contributed by atoms with Crippen molar-refractivity contribution in [3.63, 3.8) is 0 Å². The Hall–Kier alpha value is -2.89. The summed E-state index contributed by atoms with van der Waals surface area (Å²) in [7, 11) is 0. The topological polar surface area (TPSA) is 63.2 Å². The van der Waals surface area contributed by atoms with Gasteiger partial charge in [-0.2, -0.15) is 0 Å². The fourth-order valence-corrected chi connectivity index (χ4v) is 2.38. The molecule has 1 aliphatic rings. The van der Waals surface area contributed by atoms with E-state index in [0.29, 0.717) is 23.9 Å². The summed E-state index contributed by atoms with van der Waals surface area (Å²) in [4.78, 5) is 12.1. The lowest BCUT2D eigenvalue weighted by molar-refractivity contribution is -0.155. The van der Waals surface area contributed by atoms with Gasteiger partial charge in [-0.05, 0) is 42.8 Å². The Kier molecular flexibility index (Phi) is 6.19. The molecule has 6 nitrogen and oxygen atoms in total. The molecule has 2 aromatic rings. The van der Waals surface area contributed by atoms with Crippen LogP contribution in [0.5, 0.6) is 23.0 Å². The van der Waals surface area contributed by atoms with E-state index < -0.39 is 12.1 Å². The van der Waals surface area contributed by atoms with Gasteiger partial charge in [0.2, 0.25) is 6.10 Å². The first kappa shape index (κ1) is 17.9. The van der Waals surface area contributed by atoms with Crippen LogP contribution in [-0.2, 0) is 9.53 Å². The summed E-state index contributed by atoms with van der Waals surface area (Å²) in [6, 6.07) is 14.6. The average Bonchev–Trinajstić information content (AvgIpc) is 2.70. The summed E-state index contributed by atoms with van der Waals surface area (Å²) in [5.41, 5.74) is 0. The van der Waals surface area contributed by atoms with E-state index in [1.165, 1.54) is 0 Å². The number of fused-ring (bicyclic) bond motifs is 1. The lowest BCUT2D eigenvalue weighted by Crippen LogP contribution is -2.38. The third kappa shape index (κ3) is 4.81. The fourth-order valence-electron chi connectivity index (χ4n) is 2.38. The third-order valence-electron chi connectivity index (χ3n) is 3.66. The standard InChI is InChI=1S/C20H22O6/c1-2-11-22-15-7-9-16(10-8-15)23-12-13-24-20(21)19-14-25-17-5-3-4-6-18(17)26-19/h3-10,19H,2,11-14H2,1H3. The Morgan fingerprint density at radius 3 is 2.31 bits per heavy atom. The van der Waals surface area contributed by atoms with Crippen molar-refractivity contribution in [1.29, 1.82) is 0 Å². The minimum absolute atomic E-state index is 0.133. The SMILES string of the molecule is CCCOc1ccc(OCCOC(=O)C2COc3ccccc3O2)cc1. The van der Waals surface area contributed by atoms with Gasteiger partial charge < -0.3 is 23.7 Å². The van der Waals surface area contributed by atoms with Crippen LogP contribution in [0.2, 0.25) is 0 Å². The quantitative estimate of drug-likeness (QED) is 0.533. The molecule has 0 amide bonds. The summed E-state index contributed by atoms with van der Waals surface area (Å²) in [6.07, 6.45) is 0.199. The Morgan fingerprint density at radius 2 is 1.62 bits per heavy atom. The average molecular weight is 358 g/mol. The second kappa shape index (κ2) is 8.99. The number of esters is 1. The van der Waals surface area contributed by atoms with Crippen molar-refractivity contribution in [3.8, 4) is 23.0 Å². The Balaban J connectivity index is 1.38. The Bertz CT molecular complexity index is 712. The van der Waals surface area contributed by atoms with Crippen LogP contribution in [0.25, 0.3) is 0 Å². The van der Waals surface area contributed by atoms with Gasteiger partial charge in [-0.1, -0.05) is 19.1 Å². The molecule has 0 spiro atoms. The van der Waals surface area contributed by atoms with Crippen LogP contribution in [0, 0.1) is 0 Å². The van der Waals surface area contributed by atoms with Gasteiger partial charge in [-0.15, -0.1) is 0 Å². The maximum absolute atomic E-state index is 12.1. The van der Waals surface area contributed by atoms with Gasteiger partial charge in [0.15, 0.2) is 11.5 Å². The van der Waals surface area contributed by atoms with Crippen molar-refractivity contribution in [2.75, 3.05) is 26.4 Å². The van der Waals surface area contributed by atoms with Crippen molar-refractivity contribution in [2.24, 2.45) is 0 Å². The fraction of sp³-hybridized carbons (Fsp3) is 0.350. The lowest BCUT2D eigenvalue weighted by Gasteiger charge is -2.24. The summed E-state index contributed by atoms with van der Waals surface area (Å²) in [6.45, 7) is 3.27. The van der Waals surface area contributed by atoms with Crippen molar-refractivity contribution in [3.05, 3.63) is 48.5 Å². The van der Waals surface area contributed by atoms with Crippen LogP contribution in [0.15, 0.2) is 48.5 Å². The molecule has 0 N–H and O–H groups in total. The lowest BCUT2D eigenvalue weighted by atomic mass is 10.2. The Labute approximate surface area is 152 Å². The Morgan fingerprint density at radius 1 is 0.962 bits per heavy atom. The second-order valence-corrected chi connectivity index (χ2v) is 5.70. The molecule has 0 aromatic heterocycles. The number of hydrogen-bond donors (Lipinski definition) is 0. The third-order valence-corrected chi connectivity index (χ3v) is 3.66. The number of para-hydroxylation sites is 2. The zero-order chi connectivity index (χ0) is 18.2. The largest absolute Gasteiger partial charge is 0.494 e. The summed E-state index contributed by atoms with van der Waals surface area (Å²) in [5, 5.41) is 0. The molecule has 0 fully saturated rings. The first-order valence-electron chi connectivity index (χ1n) is 8.67. The highest BCUT2D eigenvalue weighted by molar-refractivity contribution is 5.76. The van der Waals surface area contributed by atoms with E-state index in [4.69, 9.17) is 23.7 Å². The predicted molar refractivity (Wildman–Crippen MR) is 95.0 cm³/mol. The van der Waals surface area contributed by atoms with Gasteiger partial charge in [0, 0.05) is 0 Å². The van der Waals surface area contributed by atoms with E-state index >= 15 is 0 Å². The molecule has 6 heteroatoms. The summed E-state index contributed by atoms with van der Waals surface area (Å²) >= 11 is 0.